The normalized spacial score (nSPS) is 21.5. The largest absolute Gasteiger partial charge is 0.362 e. The zero-order valence-corrected chi connectivity index (χ0v) is 17.8. The summed E-state index contributed by atoms with van der Waals surface area (Å²) in [6.45, 7) is 4.38. The van der Waals surface area contributed by atoms with E-state index in [-0.39, 0.29) is 24.1 Å². The lowest BCUT2D eigenvalue weighted by Crippen LogP contribution is -2.58. The van der Waals surface area contributed by atoms with Gasteiger partial charge in [-0.05, 0) is 50.1 Å². The molecule has 1 aromatic carbocycles. The van der Waals surface area contributed by atoms with Crippen LogP contribution in [-0.4, -0.2) is 45.9 Å². The molecule has 1 fully saturated rings. The molecule has 3 N–H and O–H groups in total. The van der Waals surface area contributed by atoms with E-state index in [4.69, 9.17) is 0 Å². The summed E-state index contributed by atoms with van der Waals surface area (Å²) in [5, 5.41) is 9.38. The quantitative estimate of drug-likeness (QED) is 0.700. The molecule has 162 valence electrons. The van der Waals surface area contributed by atoms with Crippen LogP contribution in [0.5, 0.6) is 0 Å². The predicted molar refractivity (Wildman–Crippen MR) is 116 cm³/mol. The third-order valence-electron chi connectivity index (χ3n) is 6.03. The summed E-state index contributed by atoms with van der Waals surface area (Å²) < 4.78 is 0. The van der Waals surface area contributed by atoms with Gasteiger partial charge in [-0.1, -0.05) is 12.1 Å². The summed E-state index contributed by atoms with van der Waals surface area (Å²) in [4.78, 5) is 44.0. The van der Waals surface area contributed by atoms with Crippen LogP contribution in [0.2, 0.25) is 0 Å². The van der Waals surface area contributed by atoms with Gasteiger partial charge in [0.25, 0.3) is 5.91 Å². The lowest BCUT2D eigenvalue weighted by molar-refractivity contribution is -0.139. The smallest absolute Gasteiger partial charge is 0.255 e. The molecule has 8 heteroatoms. The molecule has 3 heterocycles. The fraction of sp³-hybridized carbons (Fsp3) is 0.391. The van der Waals surface area contributed by atoms with Gasteiger partial charge in [0.05, 0.1) is 17.8 Å². The Bertz CT molecular complexity index is 1010. The third kappa shape index (κ3) is 4.38. The number of carbonyl (C=O) groups excluding carboxylic acids is 3. The van der Waals surface area contributed by atoms with Crippen LogP contribution in [0.15, 0.2) is 42.6 Å². The van der Waals surface area contributed by atoms with Crippen LogP contribution in [0.3, 0.4) is 0 Å². The SMILES string of the molecule is Cc1ccc2c(c1)N[C@@]1(CCC(=O)N([C@@H](C)C(=O)NCc3ccccn3)CC1)NC2=O. The molecule has 31 heavy (non-hydrogen) atoms. The third-order valence-corrected chi connectivity index (χ3v) is 6.03. The number of nitrogens with one attached hydrogen (secondary N) is 3. The molecule has 3 amide bonds. The molecule has 0 aliphatic carbocycles. The molecule has 4 rings (SSSR count). The van der Waals surface area contributed by atoms with Crippen molar-refractivity contribution in [2.45, 2.75) is 51.4 Å². The fourth-order valence-corrected chi connectivity index (χ4v) is 4.19. The highest BCUT2D eigenvalue weighted by Crippen LogP contribution is 2.32. The Morgan fingerprint density at radius 3 is 2.84 bits per heavy atom. The van der Waals surface area contributed by atoms with E-state index in [2.05, 4.69) is 20.9 Å². The number of pyridine rings is 1. The van der Waals surface area contributed by atoms with E-state index in [1.165, 1.54) is 0 Å². The van der Waals surface area contributed by atoms with Gasteiger partial charge in [-0.3, -0.25) is 19.4 Å². The minimum Gasteiger partial charge on any atom is -0.362 e. The van der Waals surface area contributed by atoms with Crippen molar-refractivity contribution in [3.8, 4) is 0 Å². The van der Waals surface area contributed by atoms with Crippen LogP contribution in [0.25, 0.3) is 0 Å². The number of anilines is 1. The molecule has 8 nitrogen and oxygen atoms in total. The monoisotopic (exact) mass is 421 g/mol. The average molecular weight is 422 g/mol. The van der Waals surface area contributed by atoms with E-state index in [9.17, 15) is 14.4 Å². The molecule has 0 radical (unpaired) electrons. The number of rotatable bonds is 4. The van der Waals surface area contributed by atoms with Crippen molar-refractivity contribution in [1.29, 1.82) is 0 Å². The number of benzene rings is 1. The van der Waals surface area contributed by atoms with Gasteiger partial charge < -0.3 is 20.9 Å². The van der Waals surface area contributed by atoms with Crippen LogP contribution in [0.4, 0.5) is 5.69 Å². The lowest BCUT2D eigenvalue weighted by Gasteiger charge is -2.40. The van der Waals surface area contributed by atoms with Crippen LogP contribution in [0, 0.1) is 6.92 Å². The van der Waals surface area contributed by atoms with Crippen molar-refractivity contribution >= 4 is 23.4 Å². The summed E-state index contributed by atoms with van der Waals surface area (Å²) in [6.07, 6.45) is 2.89. The van der Waals surface area contributed by atoms with E-state index in [1.807, 2.05) is 43.3 Å². The first kappa shape index (κ1) is 20.8. The van der Waals surface area contributed by atoms with Gasteiger partial charge in [0, 0.05) is 31.3 Å². The number of aryl methyl sites for hydroxylation is 1. The van der Waals surface area contributed by atoms with Crippen molar-refractivity contribution < 1.29 is 14.4 Å². The summed E-state index contributed by atoms with van der Waals surface area (Å²) in [5.74, 6) is -0.462. The summed E-state index contributed by atoms with van der Waals surface area (Å²) in [6, 6.07) is 10.6. The van der Waals surface area contributed by atoms with Crippen LogP contribution >= 0.6 is 0 Å². The second-order valence-corrected chi connectivity index (χ2v) is 8.26. The topological polar surface area (TPSA) is 103 Å². The first-order valence-corrected chi connectivity index (χ1v) is 10.6. The molecule has 1 saturated heterocycles. The van der Waals surface area contributed by atoms with Crippen LogP contribution in [-0.2, 0) is 16.1 Å². The van der Waals surface area contributed by atoms with E-state index in [1.54, 1.807) is 18.0 Å². The Kier molecular flexibility index (Phi) is 5.63. The lowest BCUT2D eigenvalue weighted by atomic mass is 9.94. The molecular weight excluding hydrogens is 394 g/mol. The van der Waals surface area contributed by atoms with E-state index < -0.39 is 11.7 Å². The van der Waals surface area contributed by atoms with E-state index in [0.717, 1.165) is 16.9 Å². The summed E-state index contributed by atoms with van der Waals surface area (Å²) in [5.41, 5.74) is 2.50. The number of likely N-dealkylation sites (tertiary alicyclic amines) is 1. The standard InChI is InChI=1S/C23H27N5O3/c1-15-6-7-18-19(13-15)26-23(27-22(18)31)9-8-20(29)28(12-10-23)16(2)21(30)25-14-17-5-3-4-11-24-17/h3-7,11,13,16,26H,8-10,12,14H2,1-2H3,(H,25,30)(H,27,31)/t16-,23-/m0/s1. The van der Waals surface area contributed by atoms with Gasteiger partial charge in [-0.15, -0.1) is 0 Å². The Morgan fingerprint density at radius 1 is 1.23 bits per heavy atom. The minimum absolute atomic E-state index is 0.0940. The Hall–Kier alpha value is -3.42. The number of aromatic nitrogens is 1. The number of carbonyl (C=O) groups is 3. The number of hydrogen-bond donors (Lipinski definition) is 3. The highest BCUT2D eigenvalue weighted by molar-refractivity contribution is 6.02. The summed E-state index contributed by atoms with van der Waals surface area (Å²) in [7, 11) is 0. The minimum atomic E-state index is -0.702. The van der Waals surface area contributed by atoms with Crippen LogP contribution in [0.1, 0.15) is 47.8 Å². The van der Waals surface area contributed by atoms with E-state index in [0.29, 0.717) is 31.5 Å². The molecular formula is C23H27N5O3. The maximum Gasteiger partial charge on any atom is 0.255 e. The zero-order valence-electron chi connectivity index (χ0n) is 17.8. The predicted octanol–water partition coefficient (Wildman–Crippen LogP) is 1.96. The molecule has 0 saturated carbocycles. The highest BCUT2D eigenvalue weighted by atomic mass is 16.2. The maximum atomic E-state index is 12.8. The van der Waals surface area contributed by atoms with Crippen molar-refractivity contribution in [3.63, 3.8) is 0 Å². The van der Waals surface area contributed by atoms with Gasteiger partial charge in [-0.2, -0.15) is 0 Å². The van der Waals surface area contributed by atoms with Gasteiger partial charge in [0.15, 0.2) is 0 Å². The van der Waals surface area contributed by atoms with Crippen molar-refractivity contribution in [3.05, 3.63) is 59.4 Å². The highest BCUT2D eigenvalue weighted by Gasteiger charge is 2.41. The second kappa shape index (κ2) is 8.37. The van der Waals surface area contributed by atoms with Crippen molar-refractivity contribution in [2.75, 3.05) is 11.9 Å². The Balaban J connectivity index is 1.44. The zero-order chi connectivity index (χ0) is 22.0. The molecule has 1 spiro atoms. The maximum absolute atomic E-state index is 12.8. The average Bonchev–Trinajstić information content (AvgIpc) is 2.91. The molecule has 0 unspecified atom stereocenters. The van der Waals surface area contributed by atoms with Gasteiger partial charge in [0.1, 0.15) is 11.7 Å². The summed E-state index contributed by atoms with van der Waals surface area (Å²) >= 11 is 0. The Labute approximate surface area is 181 Å². The molecule has 2 aliphatic rings. The van der Waals surface area contributed by atoms with Crippen molar-refractivity contribution in [1.82, 2.24) is 20.5 Å². The number of nitrogens with zero attached hydrogens (tertiary/aromatic N) is 2. The van der Waals surface area contributed by atoms with Gasteiger partial charge in [0.2, 0.25) is 11.8 Å². The first-order chi connectivity index (χ1) is 14.9. The Morgan fingerprint density at radius 2 is 2.06 bits per heavy atom. The van der Waals surface area contributed by atoms with E-state index >= 15 is 0 Å². The molecule has 2 aliphatic heterocycles. The van der Waals surface area contributed by atoms with Gasteiger partial charge in [-0.25, -0.2) is 0 Å². The number of hydrogen-bond acceptors (Lipinski definition) is 5. The molecule has 1 aromatic heterocycles. The molecule has 2 aromatic rings. The number of fused-ring (bicyclic) bond motifs is 1. The van der Waals surface area contributed by atoms with Crippen LogP contribution < -0.4 is 16.0 Å². The van der Waals surface area contributed by atoms with Gasteiger partial charge >= 0.3 is 0 Å². The molecule has 0 bridgehead atoms. The first-order valence-electron chi connectivity index (χ1n) is 10.6. The fourth-order valence-electron chi connectivity index (χ4n) is 4.19. The second-order valence-electron chi connectivity index (χ2n) is 8.26. The van der Waals surface area contributed by atoms with Crippen molar-refractivity contribution in [2.24, 2.45) is 0 Å². The number of amides is 3. The molecule has 2 atom stereocenters.